The van der Waals surface area contributed by atoms with Gasteiger partial charge in [0.2, 0.25) is 5.91 Å². The summed E-state index contributed by atoms with van der Waals surface area (Å²) in [7, 11) is 4.00. The van der Waals surface area contributed by atoms with E-state index in [9.17, 15) is 4.79 Å². The van der Waals surface area contributed by atoms with Crippen molar-refractivity contribution in [3.63, 3.8) is 0 Å². The average Bonchev–Trinajstić information content (AvgIpc) is 2.26. The summed E-state index contributed by atoms with van der Waals surface area (Å²) in [5, 5.41) is 6.03. The van der Waals surface area contributed by atoms with Gasteiger partial charge in [0.1, 0.15) is 6.04 Å². The summed E-state index contributed by atoms with van der Waals surface area (Å²) in [6.45, 7) is 4.66. The fourth-order valence-electron chi connectivity index (χ4n) is 1.29. The Morgan fingerprint density at radius 2 is 2.18 bits per heavy atom. The van der Waals surface area contributed by atoms with Crippen LogP contribution in [0.1, 0.15) is 6.92 Å². The van der Waals surface area contributed by atoms with Crippen LogP contribution in [0.25, 0.3) is 0 Å². The molecule has 0 saturated carbocycles. The molecule has 0 aliphatic carbocycles. The minimum absolute atomic E-state index is 0. The maximum atomic E-state index is 11.7. The number of carbonyl (C=O) groups is 1. The Hall–Kier alpha value is -0.0700. The Kier molecular flexibility index (Phi) is 11.2. The zero-order chi connectivity index (χ0) is 11.3. The van der Waals surface area contributed by atoms with Crippen molar-refractivity contribution in [2.75, 3.05) is 40.4 Å². The van der Waals surface area contributed by atoms with Gasteiger partial charge in [-0.2, -0.15) is 0 Å². The van der Waals surface area contributed by atoms with Crippen LogP contribution < -0.4 is 10.6 Å². The van der Waals surface area contributed by atoms with Gasteiger partial charge < -0.3 is 20.3 Å². The second-order valence-corrected chi connectivity index (χ2v) is 4.14. The summed E-state index contributed by atoms with van der Waals surface area (Å²) in [5.41, 5.74) is 0. The predicted octanol–water partition coefficient (Wildman–Crippen LogP) is -0.115. The van der Waals surface area contributed by atoms with Crippen LogP contribution in [-0.4, -0.2) is 63.3 Å². The highest BCUT2D eigenvalue weighted by molar-refractivity contribution is 5.85. The van der Waals surface area contributed by atoms with Crippen LogP contribution >= 0.6 is 24.8 Å². The van der Waals surface area contributed by atoms with E-state index in [1.165, 1.54) is 0 Å². The summed E-state index contributed by atoms with van der Waals surface area (Å²) in [6.07, 6.45) is 0. The third kappa shape index (κ3) is 7.06. The minimum Gasteiger partial charge on any atom is -0.378 e. The van der Waals surface area contributed by atoms with Crippen molar-refractivity contribution in [3.05, 3.63) is 0 Å². The summed E-state index contributed by atoms with van der Waals surface area (Å²) in [4.78, 5) is 13.7. The normalized spacial score (nSPS) is 21.1. The first-order valence-electron chi connectivity index (χ1n) is 5.36. The highest BCUT2D eigenvalue weighted by Crippen LogP contribution is 1.94. The van der Waals surface area contributed by atoms with Gasteiger partial charge in [-0.3, -0.25) is 4.79 Å². The van der Waals surface area contributed by atoms with Crippen molar-refractivity contribution in [1.82, 2.24) is 15.5 Å². The van der Waals surface area contributed by atoms with Gasteiger partial charge in [-0.1, -0.05) is 0 Å². The molecule has 2 unspecified atom stereocenters. The average molecular weight is 288 g/mol. The molecule has 7 heteroatoms. The molecule has 0 aromatic rings. The number of rotatable bonds is 4. The van der Waals surface area contributed by atoms with Crippen molar-refractivity contribution >= 4 is 30.7 Å². The SMILES string of the molecule is CC(CNC(=O)C1COCCN1)N(C)C.Cl.Cl. The predicted molar refractivity (Wildman–Crippen MR) is 73.3 cm³/mol. The second kappa shape index (κ2) is 9.91. The fraction of sp³-hybridized carbons (Fsp3) is 0.900. The summed E-state index contributed by atoms with van der Waals surface area (Å²) in [6, 6.07) is 0.159. The van der Waals surface area contributed by atoms with Crippen molar-refractivity contribution in [2.24, 2.45) is 0 Å². The molecule has 1 amide bonds. The van der Waals surface area contributed by atoms with Crippen molar-refractivity contribution in [2.45, 2.75) is 19.0 Å². The molecule has 0 aromatic heterocycles. The number of halogens is 2. The zero-order valence-electron chi connectivity index (χ0n) is 10.6. The number of morpholine rings is 1. The molecule has 1 heterocycles. The maximum Gasteiger partial charge on any atom is 0.239 e. The Morgan fingerprint density at radius 3 is 2.65 bits per heavy atom. The molecule has 0 spiro atoms. The van der Waals surface area contributed by atoms with Crippen LogP contribution in [0.4, 0.5) is 0 Å². The van der Waals surface area contributed by atoms with Crippen molar-refractivity contribution < 1.29 is 9.53 Å². The van der Waals surface area contributed by atoms with Gasteiger partial charge in [0.15, 0.2) is 0 Å². The molecule has 1 aliphatic heterocycles. The lowest BCUT2D eigenvalue weighted by Gasteiger charge is -2.25. The summed E-state index contributed by atoms with van der Waals surface area (Å²) < 4.78 is 5.22. The number of hydrogen-bond acceptors (Lipinski definition) is 4. The molecule has 0 bridgehead atoms. The van der Waals surface area contributed by atoms with E-state index in [4.69, 9.17) is 4.74 Å². The molecular weight excluding hydrogens is 265 g/mol. The van der Waals surface area contributed by atoms with E-state index in [1.54, 1.807) is 0 Å². The van der Waals surface area contributed by atoms with Gasteiger partial charge in [-0.15, -0.1) is 24.8 Å². The molecule has 0 aromatic carbocycles. The summed E-state index contributed by atoms with van der Waals surface area (Å²) >= 11 is 0. The number of amides is 1. The van der Waals surface area contributed by atoms with Crippen LogP contribution in [0.5, 0.6) is 0 Å². The molecule has 1 saturated heterocycles. The molecule has 0 radical (unpaired) electrons. The van der Waals surface area contributed by atoms with Gasteiger partial charge in [-0.05, 0) is 21.0 Å². The van der Waals surface area contributed by atoms with E-state index >= 15 is 0 Å². The van der Waals surface area contributed by atoms with E-state index in [1.807, 2.05) is 14.1 Å². The van der Waals surface area contributed by atoms with Gasteiger partial charge in [0.05, 0.1) is 13.2 Å². The Morgan fingerprint density at radius 1 is 1.53 bits per heavy atom. The monoisotopic (exact) mass is 287 g/mol. The maximum absolute atomic E-state index is 11.7. The van der Waals surface area contributed by atoms with Gasteiger partial charge in [0, 0.05) is 19.1 Å². The standard InChI is InChI=1S/C10H21N3O2.2ClH/c1-8(13(2)3)6-12-10(14)9-7-15-5-4-11-9;;/h8-9,11H,4-7H2,1-3H3,(H,12,14);2*1H. The number of hydrogen-bond donors (Lipinski definition) is 2. The number of likely N-dealkylation sites (N-methyl/N-ethyl adjacent to an activating group) is 1. The number of nitrogens with one attached hydrogen (secondary N) is 2. The van der Waals surface area contributed by atoms with E-state index in [0.29, 0.717) is 25.8 Å². The third-order valence-corrected chi connectivity index (χ3v) is 2.69. The highest BCUT2D eigenvalue weighted by atomic mass is 35.5. The quantitative estimate of drug-likeness (QED) is 0.757. The largest absolute Gasteiger partial charge is 0.378 e. The molecule has 5 nitrogen and oxygen atoms in total. The van der Waals surface area contributed by atoms with Crippen LogP contribution in [0.15, 0.2) is 0 Å². The summed E-state index contributed by atoms with van der Waals surface area (Å²) in [5.74, 6) is 0.0309. The molecule has 17 heavy (non-hydrogen) atoms. The second-order valence-electron chi connectivity index (χ2n) is 4.14. The van der Waals surface area contributed by atoms with Crippen LogP contribution in [0, 0.1) is 0 Å². The topological polar surface area (TPSA) is 53.6 Å². The molecule has 104 valence electrons. The fourth-order valence-corrected chi connectivity index (χ4v) is 1.29. The lowest BCUT2D eigenvalue weighted by molar-refractivity contribution is -0.126. The van der Waals surface area contributed by atoms with E-state index < -0.39 is 0 Å². The Balaban J connectivity index is 0. The first-order chi connectivity index (χ1) is 7.11. The van der Waals surface area contributed by atoms with Crippen molar-refractivity contribution in [1.29, 1.82) is 0 Å². The minimum atomic E-state index is -0.187. The van der Waals surface area contributed by atoms with Crippen molar-refractivity contribution in [3.8, 4) is 0 Å². The lowest BCUT2D eigenvalue weighted by atomic mass is 10.2. The van der Waals surface area contributed by atoms with E-state index in [2.05, 4.69) is 22.5 Å². The van der Waals surface area contributed by atoms with Gasteiger partial charge >= 0.3 is 0 Å². The Bertz CT molecular complexity index is 212. The van der Waals surface area contributed by atoms with Gasteiger partial charge in [0.25, 0.3) is 0 Å². The first kappa shape index (κ1) is 19.3. The molecular formula is C10H23Cl2N3O2. The Labute approximate surface area is 115 Å². The molecule has 2 atom stereocenters. The lowest BCUT2D eigenvalue weighted by Crippen LogP contribution is -2.52. The zero-order valence-corrected chi connectivity index (χ0v) is 12.2. The van der Waals surface area contributed by atoms with Crippen LogP contribution in [0.2, 0.25) is 0 Å². The molecule has 2 N–H and O–H groups in total. The van der Waals surface area contributed by atoms with Crippen LogP contribution in [-0.2, 0) is 9.53 Å². The molecule has 1 fully saturated rings. The third-order valence-electron chi connectivity index (χ3n) is 2.69. The van der Waals surface area contributed by atoms with Crippen LogP contribution in [0.3, 0.4) is 0 Å². The van der Waals surface area contributed by atoms with E-state index in [0.717, 1.165) is 6.54 Å². The number of ether oxygens (including phenoxy) is 1. The molecule has 1 aliphatic rings. The first-order valence-corrected chi connectivity index (χ1v) is 5.36. The number of carbonyl (C=O) groups excluding carboxylic acids is 1. The van der Waals surface area contributed by atoms with E-state index in [-0.39, 0.29) is 36.8 Å². The van der Waals surface area contributed by atoms with Gasteiger partial charge in [-0.25, -0.2) is 0 Å². The molecule has 1 rings (SSSR count). The smallest absolute Gasteiger partial charge is 0.239 e. The number of nitrogens with zero attached hydrogens (tertiary/aromatic N) is 1. The highest BCUT2D eigenvalue weighted by Gasteiger charge is 2.21.